The van der Waals surface area contributed by atoms with E-state index in [1.54, 1.807) is 12.1 Å². The first-order valence-corrected chi connectivity index (χ1v) is 13.5. The molecule has 0 aliphatic carbocycles. The van der Waals surface area contributed by atoms with E-state index in [4.69, 9.17) is 0 Å². The van der Waals surface area contributed by atoms with Crippen LogP contribution in [0.5, 0.6) is 0 Å². The third-order valence-corrected chi connectivity index (χ3v) is 7.55. The summed E-state index contributed by atoms with van der Waals surface area (Å²) in [6, 6.07) is 8.60. The molecule has 0 unspecified atom stereocenters. The molecule has 0 amide bonds. The van der Waals surface area contributed by atoms with E-state index in [-0.39, 0.29) is 5.82 Å². The van der Waals surface area contributed by atoms with Gasteiger partial charge in [0, 0.05) is 0 Å². The second-order valence-corrected chi connectivity index (χ2v) is 16.2. The summed E-state index contributed by atoms with van der Waals surface area (Å²) in [5.74, 6) is 6.88. The minimum atomic E-state index is -1.83. The number of hydrogen-bond acceptors (Lipinski definition) is 1. The van der Waals surface area contributed by atoms with Crippen LogP contribution >= 0.6 is 0 Å². The number of aryl methyl sites for hydroxylation is 1. The van der Waals surface area contributed by atoms with Crippen molar-refractivity contribution in [1.82, 2.24) is 4.98 Å². The van der Waals surface area contributed by atoms with Gasteiger partial charge in [-0.05, 0) is 0 Å². The molecule has 0 aliphatic rings. The third kappa shape index (κ3) is 2.81. The molecule has 0 atom stereocenters. The summed E-state index contributed by atoms with van der Waals surface area (Å²) in [5, 5.41) is 0. The zero-order chi connectivity index (χ0) is 13.3. The molecule has 1 aromatic carbocycles. The van der Waals surface area contributed by atoms with Crippen LogP contribution in [0.15, 0.2) is 36.5 Å². The predicted molar refractivity (Wildman–Crippen MR) is 77.3 cm³/mol. The summed E-state index contributed by atoms with van der Waals surface area (Å²) in [7, 11) is 0. The van der Waals surface area contributed by atoms with E-state index < -0.39 is 13.3 Å². The average molecular weight is 304 g/mol. The molecule has 2 rings (SSSR count). The standard InChI is InChI=1S/C15H18FGeN/c1-11-9-15(12-5-7-13(16)8-6-12)18-10-14(11)17(2,3)4/h5-10H,1-4H3. The van der Waals surface area contributed by atoms with Crippen LogP contribution in [0.1, 0.15) is 5.56 Å². The van der Waals surface area contributed by atoms with Crippen LogP contribution in [0.3, 0.4) is 0 Å². The quantitative estimate of drug-likeness (QED) is 0.770. The molecular weight excluding hydrogens is 286 g/mol. The molecule has 0 fully saturated rings. The molecule has 1 nitrogen and oxygen atoms in total. The summed E-state index contributed by atoms with van der Waals surface area (Å²) in [6.45, 7) is 2.14. The van der Waals surface area contributed by atoms with Gasteiger partial charge in [0.25, 0.3) is 0 Å². The third-order valence-electron chi connectivity index (χ3n) is 3.06. The zero-order valence-corrected chi connectivity index (χ0v) is 13.4. The van der Waals surface area contributed by atoms with Gasteiger partial charge in [0.2, 0.25) is 0 Å². The predicted octanol–water partition coefficient (Wildman–Crippen LogP) is 3.74. The molecule has 0 N–H and O–H groups in total. The first-order valence-electron chi connectivity index (χ1n) is 6.11. The van der Waals surface area contributed by atoms with E-state index in [1.165, 1.54) is 22.1 Å². The molecule has 0 radical (unpaired) electrons. The van der Waals surface area contributed by atoms with Crippen molar-refractivity contribution in [2.45, 2.75) is 24.2 Å². The fourth-order valence-corrected chi connectivity index (χ4v) is 5.70. The van der Waals surface area contributed by atoms with Gasteiger partial charge in [-0.25, -0.2) is 0 Å². The van der Waals surface area contributed by atoms with Crippen molar-refractivity contribution < 1.29 is 4.39 Å². The molecule has 2 aromatic rings. The van der Waals surface area contributed by atoms with Crippen LogP contribution in [0, 0.1) is 12.7 Å². The summed E-state index contributed by atoms with van der Waals surface area (Å²) in [6.07, 6.45) is 2.01. The van der Waals surface area contributed by atoms with Crippen molar-refractivity contribution in [3.63, 3.8) is 0 Å². The molecule has 94 valence electrons. The van der Waals surface area contributed by atoms with Crippen molar-refractivity contribution in [1.29, 1.82) is 0 Å². The summed E-state index contributed by atoms with van der Waals surface area (Å²) in [5.41, 5.74) is 3.19. The summed E-state index contributed by atoms with van der Waals surface area (Å²) in [4.78, 5) is 4.53. The maximum atomic E-state index is 12.9. The first kappa shape index (κ1) is 13.3. The van der Waals surface area contributed by atoms with E-state index in [0.29, 0.717) is 0 Å². The first-order chi connectivity index (χ1) is 8.38. The number of nitrogens with zero attached hydrogens (tertiary/aromatic N) is 1. The minimum absolute atomic E-state index is 0.211. The Balaban J connectivity index is 2.43. The van der Waals surface area contributed by atoms with Crippen molar-refractivity contribution in [2.75, 3.05) is 0 Å². The van der Waals surface area contributed by atoms with Gasteiger partial charge >= 0.3 is 110 Å². The second kappa shape index (κ2) is 4.84. The van der Waals surface area contributed by atoms with Gasteiger partial charge in [-0.15, -0.1) is 0 Å². The van der Waals surface area contributed by atoms with E-state index in [9.17, 15) is 4.39 Å². The van der Waals surface area contributed by atoms with Crippen LogP contribution in [0.25, 0.3) is 11.3 Å². The van der Waals surface area contributed by atoms with Crippen LogP contribution in [-0.4, -0.2) is 18.3 Å². The number of halogens is 1. The Morgan fingerprint density at radius 3 is 2.17 bits per heavy atom. The van der Waals surface area contributed by atoms with E-state index in [0.717, 1.165) is 11.3 Å². The topological polar surface area (TPSA) is 12.9 Å². The number of rotatable bonds is 2. The Morgan fingerprint density at radius 2 is 1.67 bits per heavy atom. The van der Waals surface area contributed by atoms with Gasteiger partial charge in [-0.3, -0.25) is 0 Å². The van der Waals surface area contributed by atoms with Gasteiger partial charge in [0.1, 0.15) is 0 Å². The molecule has 1 heterocycles. The Kier molecular flexibility index (Phi) is 3.57. The van der Waals surface area contributed by atoms with Crippen molar-refractivity contribution in [3.05, 3.63) is 47.9 Å². The summed E-state index contributed by atoms with van der Waals surface area (Å²) >= 11 is -1.83. The Bertz CT molecular complexity index is 556. The van der Waals surface area contributed by atoms with Crippen molar-refractivity contribution in [2.24, 2.45) is 0 Å². The normalized spacial score (nSPS) is 11.6. The van der Waals surface area contributed by atoms with Crippen LogP contribution in [-0.2, 0) is 0 Å². The van der Waals surface area contributed by atoms with Gasteiger partial charge in [0.15, 0.2) is 0 Å². The SMILES string of the molecule is Cc1cc(-c2ccc(F)cc2)nc[c]1[Ge]([CH3])([CH3])[CH3]. The number of pyridine rings is 1. The Hall–Kier alpha value is -1.16. The molecule has 0 aliphatic heterocycles. The van der Waals surface area contributed by atoms with E-state index in [1.807, 2.05) is 6.20 Å². The zero-order valence-electron chi connectivity index (χ0n) is 11.3. The van der Waals surface area contributed by atoms with E-state index >= 15 is 0 Å². The average Bonchev–Trinajstić information content (AvgIpc) is 2.28. The Morgan fingerprint density at radius 1 is 1.06 bits per heavy atom. The number of benzene rings is 1. The van der Waals surface area contributed by atoms with Gasteiger partial charge < -0.3 is 0 Å². The van der Waals surface area contributed by atoms with Gasteiger partial charge in [0.05, 0.1) is 0 Å². The summed E-state index contributed by atoms with van der Waals surface area (Å²) < 4.78 is 14.3. The van der Waals surface area contributed by atoms with Gasteiger partial charge in [-0.2, -0.15) is 0 Å². The van der Waals surface area contributed by atoms with E-state index in [2.05, 4.69) is 35.2 Å². The molecule has 1 aromatic heterocycles. The monoisotopic (exact) mass is 305 g/mol. The molecule has 0 spiro atoms. The fraction of sp³-hybridized carbons (Fsp3) is 0.267. The molecule has 18 heavy (non-hydrogen) atoms. The molecule has 0 saturated carbocycles. The fourth-order valence-electron chi connectivity index (χ4n) is 2.12. The molecule has 0 bridgehead atoms. The van der Waals surface area contributed by atoms with Crippen LogP contribution in [0.4, 0.5) is 4.39 Å². The van der Waals surface area contributed by atoms with Crippen molar-refractivity contribution in [3.8, 4) is 11.3 Å². The molecule has 3 heteroatoms. The van der Waals surface area contributed by atoms with Crippen molar-refractivity contribution >= 4 is 17.7 Å². The number of hydrogen-bond donors (Lipinski definition) is 0. The Labute approximate surface area is 110 Å². The second-order valence-electron chi connectivity index (χ2n) is 5.64. The molecule has 0 saturated heterocycles. The van der Waals surface area contributed by atoms with Gasteiger partial charge in [-0.1, -0.05) is 0 Å². The maximum absolute atomic E-state index is 12.9. The molecular formula is C15H18FGeN. The van der Waals surface area contributed by atoms with Crippen LogP contribution in [0.2, 0.25) is 17.3 Å². The number of aromatic nitrogens is 1. The van der Waals surface area contributed by atoms with Crippen LogP contribution < -0.4 is 4.40 Å².